The lowest BCUT2D eigenvalue weighted by Gasteiger charge is -2.18. The molecule has 5 aromatic heterocycles. The number of ether oxygens (including phenoxy) is 1. The van der Waals surface area contributed by atoms with Crippen LogP contribution in [0.2, 0.25) is 0 Å². The SMILES string of the molecule is Cc1ccn2nc(C(C)Nc3ncnc4[nH]cc(-c5cc(CNS(=O)O)cc6[nH]ccc56)c34)nc(OCCN3CCCC3)c12. The van der Waals surface area contributed by atoms with Gasteiger partial charge in [0.1, 0.15) is 29.9 Å². The fourth-order valence-electron chi connectivity index (χ4n) is 5.97. The van der Waals surface area contributed by atoms with Crippen LogP contribution in [0.5, 0.6) is 5.88 Å². The molecule has 228 valence electrons. The third-order valence-corrected chi connectivity index (χ3v) is 8.56. The maximum atomic E-state index is 11.3. The van der Waals surface area contributed by atoms with Gasteiger partial charge in [-0.3, -0.25) is 9.45 Å². The van der Waals surface area contributed by atoms with E-state index in [1.165, 1.54) is 19.2 Å². The molecule has 6 aromatic rings. The van der Waals surface area contributed by atoms with Gasteiger partial charge in [0.05, 0.1) is 11.4 Å². The number of hydrogen-bond acceptors (Lipinski definition) is 8. The fraction of sp³-hybridized carbons (Fsp3) is 0.333. The number of hydrogen-bond donors (Lipinski definition) is 5. The summed E-state index contributed by atoms with van der Waals surface area (Å²) in [6, 6.07) is 7.69. The van der Waals surface area contributed by atoms with E-state index in [4.69, 9.17) is 14.8 Å². The number of H-pyrrole nitrogens is 2. The Kier molecular flexibility index (Phi) is 7.72. The number of aromatic nitrogens is 7. The molecule has 2 unspecified atom stereocenters. The van der Waals surface area contributed by atoms with E-state index >= 15 is 0 Å². The maximum Gasteiger partial charge on any atom is 0.242 e. The quantitative estimate of drug-likeness (QED) is 0.134. The third-order valence-electron chi connectivity index (χ3n) is 8.17. The van der Waals surface area contributed by atoms with Crippen molar-refractivity contribution in [2.75, 3.05) is 31.6 Å². The molecule has 1 saturated heterocycles. The Balaban J connectivity index is 1.22. The number of benzene rings is 1. The number of likely N-dealkylation sites (tertiary alicyclic amines) is 1. The normalized spacial score (nSPS) is 15.4. The summed E-state index contributed by atoms with van der Waals surface area (Å²) in [4.78, 5) is 23.0. The predicted octanol–water partition coefficient (Wildman–Crippen LogP) is 4.33. The summed E-state index contributed by atoms with van der Waals surface area (Å²) in [7, 11) is 0. The fourth-order valence-corrected chi connectivity index (χ4v) is 6.26. The first-order valence-corrected chi connectivity index (χ1v) is 15.8. The van der Waals surface area contributed by atoms with Crippen molar-refractivity contribution >= 4 is 44.5 Å². The Morgan fingerprint density at radius 2 is 2.02 bits per heavy atom. The summed E-state index contributed by atoms with van der Waals surface area (Å²) in [6.07, 6.45) is 9.73. The number of rotatable bonds is 11. The van der Waals surface area contributed by atoms with Gasteiger partial charge in [-0.1, -0.05) is 0 Å². The average molecular weight is 615 g/mol. The van der Waals surface area contributed by atoms with Gasteiger partial charge in [0, 0.05) is 48.1 Å². The topological polar surface area (TPSA) is 161 Å². The van der Waals surface area contributed by atoms with Crippen LogP contribution in [0.15, 0.2) is 49.2 Å². The summed E-state index contributed by atoms with van der Waals surface area (Å²) >= 11 is -2.12. The molecule has 0 amide bonds. The van der Waals surface area contributed by atoms with Crippen molar-refractivity contribution in [3.8, 4) is 17.0 Å². The first kappa shape index (κ1) is 28.4. The highest BCUT2D eigenvalue weighted by atomic mass is 32.2. The molecular weight excluding hydrogens is 580 g/mol. The minimum absolute atomic E-state index is 0.229. The molecule has 2 atom stereocenters. The van der Waals surface area contributed by atoms with Gasteiger partial charge in [0.2, 0.25) is 17.1 Å². The summed E-state index contributed by atoms with van der Waals surface area (Å²) in [5.74, 6) is 1.78. The Morgan fingerprint density at radius 3 is 2.86 bits per heavy atom. The van der Waals surface area contributed by atoms with Gasteiger partial charge in [-0.05, 0) is 80.7 Å². The summed E-state index contributed by atoms with van der Waals surface area (Å²) in [5, 5.41) is 10.2. The Hall–Kier alpha value is -4.37. The number of aromatic amines is 2. The molecule has 0 spiro atoms. The molecule has 44 heavy (non-hydrogen) atoms. The molecule has 13 nitrogen and oxygen atoms in total. The number of fused-ring (bicyclic) bond motifs is 3. The van der Waals surface area contributed by atoms with Gasteiger partial charge in [0.25, 0.3) is 0 Å². The lowest BCUT2D eigenvalue weighted by atomic mass is 9.99. The summed E-state index contributed by atoms with van der Waals surface area (Å²) < 4.78 is 31.2. The molecule has 7 rings (SSSR count). The van der Waals surface area contributed by atoms with E-state index in [0.717, 1.165) is 63.7 Å². The Labute approximate surface area is 255 Å². The van der Waals surface area contributed by atoms with Crippen LogP contribution >= 0.6 is 0 Å². The molecule has 5 N–H and O–H groups in total. The van der Waals surface area contributed by atoms with Gasteiger partial charge in [-0.15, -0.1) is 0 Å². The molecule has 0 aliphatic carbocycles. The van der Waals surface area contributed by atoms with Crippen molar-refractivity contribution in [3.63, 3.8) is 0 Å². The number of aryl methyl sites for hydroxylation is 1. The molecule has 0 saturated carbocycles. The Morgan fingerprint density at radius 1 is 1.16 bits per heavy atom. The van der Waals surface area contributed by atoms with Crippen molar-refractivity contribution in [2.24, 2.45) is 0 Å². The van der Waals surface area contributed by atoms with Crippen LogP contribution in [-0.2, 0) is 17.8 Å². The van der Waals surface area contributed by atoms with Gasteiger partial charge in [-0.2, -0.15) is 10.1 Å². The minimum Gasteiger partial charge on any atom is -0.475 e. The maximum absolute atomic E-state index is 11.3. The van der Waals surface area contributed by atoms with Crippen molar-refractivity contribution in [3.05, 3.63) is 66.1 Å². The van der Waals surface area contributed by atoms with Crippen LogP contribution in [0.3, 0.4) is 0 Å². The van der Waals surface area contributed by atoms with Crippen LogP contribution in [0.4, 0.5) is 5.82 Å². The van der Waals surface area contributed by atoms with Crippen molar-refractivity contribution in [2.45, 2.75) is 39.3 Å². The Bertz CT molecular complexity index is 1980. The molecule has 1 aliphatic heterocycles. The van der Waals surface area contributed by atoms with E-state index in [1.54, 1.807) is 0 Å². The second-order valence-electron chi connectivity index (χ2n) is 11.1. The summed E-state index contributed by atoms with van der Waals surface area (Å²) in [6.45, 7) is 7.94. The first-order chi connectivity index (χ1) is 21.4. The van der Waals surface area contributed by atoms with E-state index in [2.05, 4.69) is 34.9 Å². The highest BCUT2D eigenvalue weighted by molar-refractivity contribution is 7.77. The average Bonchev–Trinajstić information content (AvgIpc) is 3.83. The zero-order chi connectivity index (χ0) is 30.2. The molecular formula is C30H34N10O3S. The zero-order valence-electron chi connectivity index (χ0n) is 24.5. The van der Waals surface area contributed by atoms with Crippen molar-refractivity contribution in [1.82, 2.24) is 44.2 Å². The predicted molar refractivity (Wildman–Crippen MR) is 170 cm³/mol. The van der Waals surface area contributed by atoms with Gasteiger partial charge in [0.15, 0.2) is 5.82 Å². The molecule has 0 bridgehead atoms. The molecule has 1 aliphatic rings. The summed E-state index contributed by atoms with van der Waals surface area (Å²) in [5.41, 5.74) is 6.21. The van der Waals surface area contributed by atoms with E-state index in [9.17, 15) is 8.76 Å². The smallest absolute Gasteiger partial charge is 0.242 e. The van der Waals surface area contributed by atoms with E-state index in [1.807, 2.05) is 61.2 Å². The molecule has 1 fully saturated rings. The first-order valence-electron chi connectivity index (χ1n) is 14.7. The number of anilines is 1. The minimum atomic E-state index is -2.12. The van der Waals surface area contributed by atoms with Crippen molar-refractivity contribution in [1.29, 1.82) is 0 Å². The van der Waals surface area contributed by atoms with Crippen LogP contribution in [0.1, 0.15) is 42.8 Å². The number of nitrogens with one attached hydrogen (secondary N) is 4. The van der Waals surface area contributed by atoms with E-state index in [-0.39, 0.29) is 12.6 Å². The molecule has 6 heterocycles. The van der Waals surface area contributed by atoms with Gasteiger partial charge < -0.3 is 20.0 Å². The lowest BCUT2D eigenvalue weighted by Crippen LogP contribution is -2.25. The lowest BCUT2D eigenvalue weighted by molar-refractivity contribution is 0.232. The second kappa shape index (κ2) is 12.0. The largest absolute Gasteiger partial charge is 0.475 e. The molecule has 1 aromatic carbocycles. The molecule has 0 radical (unpaired) electrons. The van der Waals surface area contributed by atoms with Crippen molar-refractivity contribution < 1.29 is 13.5 Å². The van der Waals surface area contributed by atoms with Crippen LogP contribution in [-0.4, -0.2) is 74.4 Å². The number of nitrogens with zero attached hydrogens (tertiary/aromatic N) is 6. The van der Waals surface area contributed by atoms with E-state index < -0.39 is 11.3 Å². The van der Waals surface area contributed by atoms with Crippen LogP contribution in [0, 0.1) is 6.92 Å². The highest BCUT2D eigenvalue weighted by Crippen LogP contribution is 2.37. The van der Waals surface area contributed by atoms with Gasteiger partial charge >= 0.3 is 0 Å². The monoisotopic (exact) mass is 614 g/mol. The van der Waals surface area contributed by atoms with Crippen LogP contribution in [0.25, 0.3) is 38.6 Å². The van der Waals surface area contributed by atoms with E-state index in [0.29, 0.717) is 29.8 Å². The third kappa shape index (κ3) is 5.52. The van der Waals surface area contributed by atoms with Gasteiger partial charge in [-0.25, -0.2) is 23.4 Å². The van der Waals surface area contributed by atoms with Crippen LogP contribution < -0.4 is 14.8 Å². The zero-order valence-corrected chi connectivity index (χ0v) is 25.3. The highest BCUT2D eigenvalue weighted by Gasteiger charge is 2.21. The molecule has 14 heteroatoms. The standard InChI is InChI=1S/C30H34N10O3S/c1-18-6-10-40-26(18)30(43-12-11-39-8-3-4-9-39)37-27(38-40)19(2)36-29-25-23(16-32-28(25)33-17-34-29)22-13-20(15-35-44(41)42)14-24-21(22)5-7-31-24/h5-7,10,13-14,16-17,19,31,35H,3-4,8-9,11-12,15H2,1-2H3,(H,41,42)(H2,32,33,34,36). The second-order valence-corrected chi connectivity index (χ2v) is 11.9.